The Labute approximate surface area is 212 Å². The highest BCUT2D eigenvalue weighted by atomic mass is 79.9. The van der Waals surface area contributed by atoms with Crippen LogP contribution in [0.25, 0.3) is 0 Å². The number of hydrogen-bond acceptors (Lipinski definition) is 7. The number of phenols is 1. The number of rotatable bonds is 8. The highest BCUT2D eigenvalue weighted by Crippen LogP contribution is 2.40. The van der Waals surface area contributed by atoms with Gasteiger partial charge in [-0.05, 0) is 52.3 Å². The topological polar surface area (TPSA) is 106 Å². The van der Waals surface area contributed by atoms with Crippen molar-refractivity contribution in [2.24, 2.45) is 0 Å². The van der Waals surface area contributed by atoms with Gasteiger partial charge in [0.2, 0.25) is 6.79 Å². The molecule has 3 N–H and O–H groups in total. The number of halogens is 2. The number of anilines is 1. The molecule has 0 aliphatic carbocycles. The van der Waals surface area contributed by atoms with Crippen LogP contribution >= 0.6 is 31.9 Å². The minimum atomic E-state index is -1.06. The summed E-state index contributed by atoms with van der Waals surface area (Å²) in [5.41, 5.74) is 0.742. The van der Waals surface area contributed by atoms with Crippen molar-refractivity contribution in [2.45, 2.75) is 18.6 Å². The number of nitrogens with one attached hydrogen (secondary N) is 1. The maximum Gasteiger partial charge on any atom is 0.412 e. The zero-order valence-corrected chi connectivity index (χ0v) is 20.9. The first-order valence-electron chi connectivity index (χ1n) is 10.3. The van der Waals surface area contributed by atoms with Gasteiger partial charge < -0.3 is 29.2 Å². The number of carbonyl (C=O) groups is 1. The standard InChI is InChI=1S/C24H21Br2NO7/c25-14-10-17(22(29)18(26)11-14)23(20(8-9-28)33-16-4-2-1-3-5-16)34-24(30)27-15-6-7-19-21(12-15)32-13-31-19/h1-7,10-12,20,23,28-29H,8-9,13H2,(H,27,30)/t20-,23-/m1/s1. The van der Waals surface area contributed by atoms with E-state index in [0.29, 0.717) is 37.4 Å². The van der Waals surface area contributed by atoms with E-state index in [1.165, 1.54) is 0 Å². The molecule has 0 fully saturated rings. The number of amides is 1. The van der Waals surface area contributed by atoms with Crippen LogP contribution in [0.1, 0.15) is 18.1 Å². The summed E-state index contributed by atoms with van der Waals surface area (Å²) in [5.74, 6) is 1.51. The second-order valence-electron chi connectivity index (χ2n) is 7.33. The minimum Gasteiger partial charge on any atom is -0.506 e. The van der Waals surface area contributed by atoms with Crippen LogP contribution in [0.5, 0.6) is 23.0 Å². The second kappa shape index (κ2) is 11.0. The molecule has 0 aromatic heterocycles. The monoisotopic (exact) mass is 593 g/mol. The van der Waals surface area contributed by atoms with Crippen LogP contribution in [0, 0.1) is 0 Å². The zero-order valence-electron chi connectivity index (χ0n) is 17.7. The van der Waals surface area contributed by atoms with Crippen molar-refractivity contribution in [1.82, 2.24) is 0 Å². The lowest BCUT2D eigenvalue weighted by molar-refractivity contribution is 0.00792. The summed E-state index contributed by atoms with van der Waals surface area (Å²) < 4.78 is 23.5. The molecule has 1 aliphatic heterocycles. The van der Waals surface area contributed by atoms with Crippen LogP contribution in [0.15, 0.2) is 69.6 Å². The van der Waals surface area contributed by atoms with Crippen molar-refractivity contribution < 1.29 is 34.0 Å². The predicted molar refractivity (Wildman–Crippen MR) is 131 cm³/mol. The molecule has 0 saturated heterocycles. The van der Waals surface area contributed by atoms with Gasteiger partial charge in [-0.3, -0.25) is 5.32 Å². The van der Waals surface area contributed by atoms with Crippen LogP contribution in [0.3, 0.4) is 0 Å². The molecule has 0 radical (unpaired) electrons. The molecule has 0 spiro atoms. The van der Waals surface area contributed by atoms with Crippen molar-refractivity contribution in [2.75, 3.05) is 18.7 Å². The number of fused-ring (bicyclic) bond motifs is 1. The fourth-order valence-corrected chi connectivity index (χ4v) is 4.71. The first-order valence-corrected chi connectivity index (χ1v) is 11.9. The molecule has 3 aromatic carbocycles. The maximum atomic E-state index is 12.9. The lowest BCUT2D eigenvalue weighted by Crippen LogP contribution is -2.32. The van der Waals surface area contributed by atoms with E-state index in [1.54, 1.807) is 54.6 Å². The first-order chi connectivity index (χ1) is 16.4. The van der Waals surface area contributed by atoms with E-state index in [0.717, 1.165) is 0 Å². The van der Waals surface area contributed by atoms with Crippen molar-refractivity contribution >= 4 is 43.6 Å². The van der Waals surface area contributed by atoms with Crippen molar-refractivity contribution in [3.63, 3.8) is 0 Å². The Hall–Kier alpha value is -2.95. The molecule has 3 aromatic rings. The third-order valence-electron chi connectivity index (χ3n) is 5.00. The quantitative estimate of drug-likeness (QED) is 0.304. The zero-order chi connectivity index (χ0) is 24.1. The van der Waals surface area contributed by atoms with Crippen LogP contribution in [0.4, 0.5) is 10.5 Å². The minimum absolute atomic E-state index is 0.108. The number of aliphatic hydroxyl groups is 1. The first kappa shape index (κ1) is 24.2. The predicted octanol–water partition coefficient (Wildman–Crippen LogP) is 5.77. The number of carbonyl (C=O) groups excluding carboxylic acids is 1. The Morgan fingerprint density at radius 3 is 2.59 bits per heavy atom. The number of aromatic hydroxyl groups is 1. The molecule has 2 atom stereocenters. The van der Waals surface area contributed by atoms with Gasteiger partial charge in [0.05, 0.1) is 4.47 Å². The summed E-state index contributed by atoms with van der Waals surface area (Å²) in [7, 11) is 0. The normalized spacial score (nSPS) is 13.7. The molecular weight excluding hydrogens is 574 g/mol. The fourth-order valence-electron chi connectivity index (χ4n) is 3.45. The van der Waals surface area contributed by atoms with E-state index in [2.05, 4.69) is 37.2 Å². The largest absolute Gasteiger partial charge is 0.506 e. The van der Waals surface area contributed by atoms with Crippen LogP contribution in [0.2, 0.25) is 0 Å². The number of benzene rings is 3. The molecular formula is C24H21Br2NO7. The lowest BCUT2D eigenvalue weighted by Gasteiger charge is -2.28. The van der Waals surface area contributed by atoms with Crippen LogP contribution in [-0.2, 0) is 4.74 Å². The molecule has 8 nitrogen and oxygen atoms in total. The summed E-state index contributed by atoms with van der Waals surface area (Å²) in [6.07, 6.45) is -2.50. The van der Waals surface area contributed by atoms with E-state index in [9.17, 15) is 15.0 Å². The second-order valence-corrected chi connectivity index (χ2v) is 9.10. The van der Waals surface area contributed by atoms with Crippen molar-refractivity contribution in [3.05, 3.63) is 75.2 Å². The van der Waals surface area contributed by atoms with Gasteiger partial charge >= 0.3 is 6.09 Å². The SMILES string of the molecule is O=C(Nc1ccc2c(c1)OCO2)O[C@H](c1cc(Br)cc(Br)c1O)[C@@H](CCO)Oc1ccccc1. The molecule has 1 amide bonds. The Morgan fingerprint density at radius 2 is 1.82 bits per heavy atom. The Balaban J connectivity index is 1.63. The molecule has 0 bridgehead atoms. The Kier molecular flexibility index (Phi) is 7.81. The number of ether oxygens (including phenoxy) is 4. The number of aliphatic hydroxyl groups excluding tert-OH is 1. The van der Waals surface area contributed by atoms with Gasteiger partial charge in [0.1, 0.15) is 17.6 Å². The average Bonchev–Trinajstić information content (AvgIpc) is 3.28. The Bertz CT molecular complexity index is 1160. The molecule has 34 heavy (non-hydrogen) atoms. The molecule has 0 unspecified atom stereocenters. The molecule has 10 heteroatoms. The van der Waals surface area contributed by atoms with Gasteiger partial charge in [0.25, 0.3) is 0 Å². The number of para-hydroxylation sites is 1. The van der Waals surface area contributed by atoms with Gasteiger partial charge in [-0.15, -0.1) is 0 Å². The van der Waals surface area contributed by atoms with Gasteiger partial charge in [-0.2, -0.15) is 0 Å². The van der Waals surface area contributed by atoms with Crippen LogP contribution < -0.4 is 19.5 Å². The Morgan fingerprint density at radius 1 is 1.06 bits per heavy atom. The lowest BCUT2D eigenvalue weighted by atomic mass is 10.0. The molecule has 0 saturated carbocycles. The van der Waals surface area contributed by atoms with Crippen molar-refractivity contribution in [3.8, 4) is 23.0 Å². The average molecular weight is 595 g/mol. The van der Waals surface area contributed by atoms with E-state index < -0.39 is 18.3 Å². The van der Waals surface area contributed by atoms with Gasteiger partial charge in [-0.25, -0.2) is 4.79 Å². The van der Waals surface area contributed by atoms with E-state index in [1.807, 2.05) is 6.07 Å². The molecule has 1 aliphatic rings. The smallest absolute Gasteiger partial charge is 0.412 e. The number of phenolic OH excluding ortho intramolecular Hbond substituents is 1. The fraction of sp³-hybridized carbons (Fsp3) is 0.208. The summed E-state index contributed by atoms with van der Waals surface area (Å²) in [6.45, 7) is -0.112. The summed E-state index contributed by atoms with van der Waals surface area (Å²) >= 11 is 6.72. The van der Waals surface area contributed by atoms with Gasteiger partial charge in [0, 0.05) is 34.8 Å². The molecule has 4 rings (SSSR count). The van der Waals surface area contributed by atoms with Gasteiger partial charge in [0.15, 0.2) is 17.6 Å². The summed E-state index contributed by atoms with van der Waals surface area (Å²) in [6, 6.07) is 17.2. The number of hydrogen-bond donors (Lipinski definition) is 3. The summed E-state index contributed by atoms with van der Waals surface area (Å²) in [4.78, 5) is 12.9. The highest BCUT2D eigenvalue weighted by molar-refractivity contribution is 9.11. The van der Waals surface area contributed by atoms with E-state index in [-0.39, 0.29) is 25.6 Å². The van der Waals surface area contributed by atoms with Crippen molar-refractivity contribution in [1.29, 1.82) is 0 Å². The highest BCUT2D eigenvalue weighted by Gasteiger charge is 2.32. The molecule has 178 valence electrons. The summed E-state index contributed by atoms with van der Waals surface area (Å²) in [5, 5.41) is 23.1. The maximum absolute atomic E-state index is 12.9. The van der Waals surface area contributed by atoms with Gasteiger partial charge in [-0.1, -0.05) is 34.1 Å². The third kappa shape index (κ3) is 5.75. The van der Waals surface area contributed by atoms with E-state index >= 15 is 0 Å². The molecule has 1 heterocycles. The van der Waals surface area contributed by atoms with E-state index in [4.69, 9.17) is 18.9 Å². The third-order valence-corrected chi connectivity index (χ3v) is 6.06. The van der Waals surface area contributed by atoms with Crippen LogP contribution in [-0.4, -0.2) is 35.8 Å².